The molecule has 1 aromatic rings. The minimum atomic E-state index is 0.839. The van der Waals surface area contributed by atoms with Crippen LogP contribution < -0.4 is 5.73 Å². The van der Waals surface area contributed by atoms with Crippen molar-refractivity contribution in [1.29, 1.82) is 0 Å². The van der Waals surface area contributed by atoms with Crippen molar-refractivity contribution in [2.24, 2.45) is 5.92 Å². The lowest BCUT2D eigenvalue weighted by Crippen LogP contribution is -2.33. The van der Waals surface area contributed by atoms with Gasteiger partial charge < -0.3 is 5.73 Å². The fraction of sp³-hybridized carbons (Fsp3) is 0.571. The van der Waals surface area contributed by atoms with Crippen molar-refractivity contribution < 1.29 is 0 Å². The van der Waals surface area contributed by atoms with E-state index in [-0.39, 0.29) is 0 Å². The largest absolute Gasteiger partial charge is 0.398 e. The predicted molar refractivity (Wildman–Crippen MR) is 76.8 cm³/mol. The molecule has 94 valence electrons. The molecule has 2 rings (SSSR count). The van der Waals surface area contributed by atoms with E-state index in [0.29, 0.717) is 0 Å². The summed E-state index contributed by atoms with van der Waals surface area (Å²) in [5.74, 6) is 0.946. The Morgan fingerprint density at radius 1 is 1.35 bits per heavy atom. The average molecular weight is 297 g/mol. The van der Waals surface area contributed by atoms with Crippen LogP contribution in [0.25, 0.3) is 0 Å². The van der Waals surface area contributed by atoms with Gasteiger partial charge >= 0.3 is 0 Å². The maximum Gasteiger partial charge on any atom is 0.0461 e. The van der Waals surface area contributed by atoms with Crippen molar-refractivity contribution in [3.63, 3.8) is 0 Å². The van der Waals surface area contributed by atoms with Gasteiger partial charge in [-0.1, -0.05) is 19.4 Å². The molecule has 0 saturated carbocycles. The number of nitrogens with two attached hydrogens (primary N) is 1. The minimum Gasteiger partial charge on any atom is -0.398 e. The number of halogens is 1. The zero-order valence-corrected chi connectivity index (χ0v) is 12.0. The van der Waals surface area contributed by atoms with Gasteiger partial charge in [0.1, 0.15) is 0 Å². The third-order valence-corrected chi connectivity index (χ3v) is 4.47. The van der Waals surface area contributed by atoms with E-state index in [0.717, 1.165) is 22.6 Å². The van der Waals surface area contributed by atoms with Crippen molar-refractivity contribution in [3.05, 3.63) is 28.2 Å². The van der Waals surface area contributed by atoms with Gasteiger partial charge in [0, 0.05) is 16.7 Å². The summed E-state index contributed by atoms with van der Waals surface area (Å²) < 4.78 is 0.992. The molecule has 2 N–H and O–H groups in total. The number of benzene rings is 1. The van der Waals surface area contributed by atoms with Gasteiger partial charge in [-0.05, 0) is 65.5 Å². The van der Waals surface area contributed by atoms with Crippen LogP contribution in [0.3, 0.4) is 0 Å². The molecular formula is C14H21BrN2. The summed E-state index contributed by atoms with van der Waals surface area (Å²) in [7, 11) is 0. The second kappa shape index (κ2) is 5.87. The van der Waals surface area contributed by atoms with Gasteiger partial charge in [0.05, 0.1) is 0 Å². The molecule has 3 heteroatoms. The van der Waals surface area contributed by atoms with E-state index in [9.17, 15) is 0 Å². The molecule has 0 radical (unpaired) electrons. The van der Waals surface area contributed by atoms with Gasteiger partial charge in [-0.25, -0.2) is 0 Å². The van der Waals surface area contributed by atoms with Gasteiger partial charge in [-0.3, -0.25) is 4.90 Å². The normalized spacial score (nSPS) is 18.5. The lowest BCUT2D eigenvalue weighted by Gasteiger charge is -2.31. The van der Waals surface area contributed by atoms with Crippen LogP contribution >= 0.6 is 15.9 Å². The summed E-state index contributed by atoms with van der Waals surface area (Å²) >= 11 is 3.43. The molecule has 1 heterocycles. The van der Waals surface area contributed by atoms with E-state index in [1.807, 2.05) is 6.07 Å². The molecule has 1 aliphatic heterocycles. The molecule has 17 heavy (non-hydrogen) atoms. The Bertz CT molecular complexity index is 370. The van der Waals surface area contributed by atoms with Gasteiger partial charge in [0.2, 0.25) is 0 Å². The van der Waals surface area contributed by atoms with E-state index in [4.69, 9.17) is 5.73 Å². The Morgan fingerprint density at radius 3 is 2.65 bits per heavy atom. The Hall–Kier alpha value is -0.540. The first-order chi connectivity index (χ1) is 8.19. The van der Waals surface area contributed by atoms with Gasteiger partial charge in [-0.15, -0.1) is 0 Å². The minimum absolute atomic E-state index is 0.839. The molecule has 0 amide bonds. The van der Waals surface area contributed by atoms with Crippen LogP contribution in [0.5, 0.6) is 0 Å². The van der Waals surface area contributed by atoms with Crippen LogP contribution in [0.2, 0.25) is 0 Å². The zero-order valence-electron chi connectivity index (χ0n) is 10.5. The lowest BCUT2D eigenvalue weighted by atomic mass is 9.94. The van der Waals surface area contributed by atoms with E-state index >= 15 is 0 Å². The summed E-state index contributed by atoms with van der Waals surface area (Å²) in [4.78, 5) is 2.54. The molecule has 0 aromatic heterocycles. The van der Waals surface area contributed by atoms with Crippen LogP contribution in [0, 0.1) is 5.92 Å². The summed E-state index contributed by atoms with van der Waals surface area (Å²) in [5, 5.41) is 0. The highest BCUT2D eigenvalue weighted by molar-refractivity contribution is 9.10. The Morgan fingerprint density at radius 2 is 2.06 bits per heavy atom. The zero-order chi connectivity index (χ0) is 12.3. The highest BCUT2D eigenvalue weighted by Crippen LogP contribution is 2.24. The molecule has 1 aliphatic rings. The molecule has 1 fully saturated rings. The Kier molecular flexibility index (Phi) is 4.46. The predicted octanol–water partition coefficient (Wildman–Crippen LogP) is 3.65. The molecule has 0 spiro atoms. The number of nitrogens with zero attached hydrogens (tertiary/aromatic N) is 1. The number of nitrogen functional groups attached to an aromatic ring is 1. The number of rotatable bonds is 3. The Labute approximate surface area is 112 Å². The van der Waals surface area contributed by atoms with Crippen molar-refractivity contribution in [2.75, 3.05) is 18.8 Å². The van der Waals surface area contributed by atoms with Crippen molar-refractivity contribution in [2.45, 2.75) is 32.7 Å². The van der Waals surface area contributed by atoms with E-state index < -0.39 is 0 Å². The van der Waals surface area contributed by atoms with Crippen LogP contribution in [-0.4, -0.2) is 18.0 Å². The highest BCUT2D eigenvalue weighted by Gasteiger charge is 2.17. The smallest absolute Gasteiger partial charge is 0.0461 e. The Balaban J connectivity index is 1.91. The second-order valence-corrected chi connectivity index (χ2v) is 5.84. The summed E-state index contributed by atoms with van der Waals surface area (Å²) in [6, 6.07) is 6.28. The van der Waals surface area contributed by atoms with E-state index in [1.54, 1.807) is 0 Å². The van der Waals surface area contributed by atoms with Crippen LogP contribution in [-0.2, 0) is 6.54 Å². The second-order valence-electron chi connectivity index (χ2n) is 4.98. The first-order valence-electron chi connectivity index (χ1n) is 6.45. The standard InChI is InChI=1S/C14H21BrN2/c1-2-11-5-7-17(8-6-11)10-12-3-4-13(15)14(16)9-12/h3-4,9,11H,2,5-8,10,16H2,1H3. The molecule has 1 saturated heterocycles. The van der Waals surface area contributed by atoms with Gasteiger partial charge in [0.25, 0.3) is 0 Å². The summed E-state index contributed by atoms with van der Waals surface area (Å²) in [5.41, 5.74) is 8.06. The van der Waals surface area contributed by atoms with E-state index in [2.05, 4.69) is 39.9 Å². The van der Waals surface area contributed by atoms with Crippen LogP contribution in [0.15, 0.2) is 22.7 Å². The third-order valence-electron chi connectivity index (χ3n) is 3.75. The fourth-order valence-corrected chi connectivity index (χ4v) is 2.75. The van der Waals surface area contributed by atoms with Gasteiger partial charge in [-0.2, -0.15) is 0 Å². The lowest BCUT2D eigenvalue weighted by molar-refractivity contribution is 0.175. The van der Waals surface area contributed by atoms with Crippen molar-refractivity contribution >= 4 is 21.6 Å². The number of hydrogen-bond donors (Lipinski definition) is 1. The molecule has 0 unspecified atom stereocenters. The molecular weight excluding hydrogens is 276 g/mol. The van der Waals surface area contributed by atoms with E-state index in [1.165, 1.54) is 37.9 Å². The average Bonchev–Trinajstić information content (AvgIpc) is 2.35. The maximum atomic E-state index is 5.90. The van der Waals surface area contributed by atoms with Crippen LogP contribution in [0.4, 0.5) is 5.69 Å². The third kappa shape index (κ3) is 3.46. The molecule has 0 atom stereocenters. The number of piperidine rings is 1. The maximum absolute atomic E-state index is 5.90. The summed E-state index contributed by atoms with van der Waals surface area (Å²) in [6.45, 7) is 5.80. The quantitative estimate of drug-likeness (QED) is 0.863. The fourth-order valence-electron chi connectivity index (χ4n) is 2.50. The first-order valence-corrected chi connectivity index (χ1v) is 7.24. The SMILES string of the molecule is CCC1CCN(Cc2ccc(Br)c(N)c2)CC1. The van der Waals surface area contributed by atoms with Crippen molar-refractivity contribution in [1.82, 2.24) is 4.90 Å². The molecule has 0 aliphatic carbocycles. The highest BCUT2D eigenvalue weighted by atomic mass is 79.9. The monoisotopic (exact) mass is 296 g/mol. The number of anilines is 1. The summed E-state index contributed by atoms with van der Waals surface area (Å²) in [6.07, 6.45) is 4.03. The molecule has 2 nitrogen and oxygen atoms in total. The number of likely N-dealkylation sites (tertiary alicyclic amines) is 1. The van der Waals surface area contributed by atoms with Crippen molar-refractivity contribution in [3.8, 4) is 0 Å². The van der Waals surface area contributed by atoms with Crippen LogP contribution in [0.1, 0.15) is 31.7 Å². The first kappa shape index (κ1) is 12.9. The molecule has 1 aromatic carbocycles. The number of hydrogen-bond acceptors (Lipinski definition) is 2. The topological polar surface area (TPSA) is 29.3 Å². The van der Waals surface area contributed by atoms with Gasteiger partial charge in [0.15, 0.2) is 0 Å². The molecule has 0 bridgehead atoms.